The molecule has 1 fully saturated rings. The van der Waals surface area contributed by atoms with Gasteiger partial charge in [-0.05, 0) is 37.6 Å². The quantitative estimate of drug-likeness (QED) is 0.734. The van der Waals surface area contributed by atoms with Crippen LogP contribution >= 0.6 is 0 Å². The first-order valence-corrected chi connectivity index (χ1v) is 6.04. The molecule has 0 aromatic heterocycles. The van der Waals surface area contributed by atoms with Gasteiger partial charge in [0.15, 0.2) is 5.78 Å². The zero-order valence-electron chi connectivity index (χ0n) is 10.1. The molecule has 1 heterocycles. The summed E-state index contributed by atoms with van der Waals surface area (Å²) >= 11 is 0. The zero-order chi connectivity index (χ0) is 12.3. The molecule has 1 aromatic rings. The molecule has 0 saturated carbocycles. The standard InChI is InChI=1S/C14H17NO2/c1-11(16)12-4-6-13(7-5-12)15-9-2-3-14(17)8-10-15/h4-7H,2-3,8-10H2,1H3. The van der Waals surface area contributed by atoms with Crippen LogP contribution in [0.1, 0.15) is 36.5 Å². The van der Waals surface area contributed by atoms with Crippen molar-refractivity contribution in [3.63, 3.8) is 0 Å². The number of anilines is 1. The summed E-state index contributed by atoms with van der Waals surface area (Å²) in [5.74, 6) is 0.440. The minimum atomic E-state index is 0.0857. The number of Topliss-reactive ketones (excluding diaryl/α,β-unsaturated/α-hetero) is 2. The molecule has 1 aliphatic heterocycles. The summed E-state index contributed by atoms with van der Waals surface area (Å²) in [6.07, 6.45) is 2.25. The van der Waals surface area contributed by atoms with E-state index in [1.165, 1.54) is 0 Å². The van der Waals surface area contributed by atoms with E-state index in [2.05, 4.69) is 4.90 Å². The van der Waals surface area contributed by atoms with Gasteiger partial charge in [-0.15, -0.1) is 0 Å². The van der Waals surface area contributed by atoms with Gasteiger partial charge in [0.1, 0.15) is 5.78 Å². The lowest BCUT2D eigenvalue weighted by molar-refractivity contribution is -0.118. The summed E-state index contributed by atoms with van der Waals surface area (Å²) < 4.78 is 0. The molecule has 2 rings (SSSR count). The fraction of sp³-hybridized carbons (Fsp3) is 0.429. The Labute approximate surface area is 101 Å². The Kier molecular flexibility index (Phi) is 3.57. The van der Waals surface area contributed by atoms with E-state index in [0.29, 0.717) is 18.6 Å². The van der Waals surface area contributed by atoms with Gasteiger partial charge in [0.2, 0.25) is 0 Å². The van der Waals surface area contributed by atoms with E-state index in [-0.39, 0.29) is 5.78 Å². The second-order valence-electron chi connectivity index (χ2n) is 4.48. The van der Waals surface area contributed by atoms with Crippen molar-refractivity contribution < 1.29 is 9.59 Å². The van der Waals surface area contributed by atoms with Crippen molar-refractivity contribution in [1.82, 2.24) is 0 Å². The minimum Gasteiger partial charge on any atom is -0.371 e. The average Bonchev–Trinajstić information content (AvgIpc) is 2.54. The van der Waals surface area contributed by atoms with E-state index in [1.54, 1.807) is 6.92 Å². The van der Waals surface area contributed by atoms with E-state index in [4.69, 9.17) is 0 Å². The molecular weight excluding hydrogens is 214 g/mol. The van der Waals surface area contributed by atoms with Crippen molar-refractivity contribution in [3.05, 3.63) is 29.8 Å². The fourth-order valence-electron chi connectivity index (χ4n) is 2.13. The Morgan fingerprint density at radius 3 is 2.47 bits per heavy atom. The Morgan fingerprint density at radius 1 is 1.12 bits per heavy atom. The molecule has 0 aliphatic carbocycles. The largest absolute Gasteiger partial charge is 0.371 e. The lowest BCUT2D eigenvalue weighted by Crippen LogP contribution is -2.24. The topological polar surface area (TPSA) is 37.4 Å². The molecule has 0 amide bonds. The van der Waals surface area contributed by atoms with Crippen molar-refractivity contribution in [3.8, 4) is 0 Å². The summed E-state index contributed by atoms with van der Waals surface area (Å²) in [5, 5.41) is 0. The van der Waals surface area contributed by atoms with E-state index in [1.807, 2.05) is 24.3 Å². The van der Waals surface area contributed by atoms with Gasteiger partial charge in [-0.2, -0.15) is 0 Å². The van der Waals surface area contributed by atoms with Crippen molar-refractivity contribution in [2.45, 2.75) is 26.2 Å². The Balaban J connectivity index is 2.11. The smallest absolute Gasteiger partial charge is 0.159 e. The molecule has 0 N–H and O–H groups in total. The van der Waals surface area contributed by atoms with Crippen LogP contribution in [0.2, 0.25) is 0 Å². The van der Waals surface area contributed by atoms with Gasteiger partial charge >= 0.3 is 0 Å². The predicted molar refractivity (Wildman–Crippen MR) is 67.5 cm³/mol. The number of benzene rings is 1. The highest BCUT2D eigenvalue weighted by molar-refractivity contribution is 5.94. The summed E-state index contributed by atoms with van der Waals surface area (Å²) in [4.78, 5) is 24.7. The maximum Gasteiger partial charge on any atom is 0.159 e. The summed E-state index contributed by atoms with van der Waals surface area (Å²) in [7, 11) is 0. The summed E-state index contributed by atoms with van der Waals surface area (Å²) in [6.45, 7) is 3.28. The lowest BCUT2D eigenvalue weighted by atomic mass is 10.1. The molecule has 3 nitrogen and oxygen atoms in total. The first kappa shape index (κ1) is 11.8. The van der Waals surface area contributed by atoms with E-state index < -0.39 is 0 Å². The number of hydrogen-bond donors (Lipinski definition) is 0. The second kappa shape index (κ2) is 5.13. The highest BCUT2D eigenvalue weighted by Crippen LogP contribution is 2.19. The Morgan fingerprint density at radius 2 is 1.82 bits per heavy atom. The van der Waals surface area contributed by atoms with E-state index >= 15 is 0 Å². The lowest BCUT2D eigenvalue weighted by Gasteiger charge is -2.22. The average molecular weight is 231 g/mol. The van der Waals surface area contributed by atoms with Crippen LogP contribution in [0.4, 0.5) is 5.69 Å². The van der Waals surface area contributed by atoms with Gasteiger partial charge in [0, 0.05) is 37.2 Å². The zero-order valence-corrected chi connectivity index (χ0v) is 10.1. The van der Waals surface area contributed by atoms with Crippen LogP contribution in [0, 0.1) is 0 Å². The van der Waals surface area contributed by atoms with E-state index in [9.17, 15) is 9.59 Å². The summed E-state index contributed by atoms with van der Waals surface area (Å²) in [6, 6.07) is 7.63. The van der Waals surface area contributed by atoms with Crippen molar-refractivity contribution in [1.29, 1.82) is 0 Å². The molecule has 0 unspecified atom stereocenters. The minimum absolute atomic E-state index is 0.0857. The Bertz CT molecular complexity index is 422. The highest BCUT2D eigenvalue weighted by atomic mass is 16.1. The van der Waals surface area contributed by atoms with Crippen LogP contribution in [0.3, 0.4) is 0 Å². The molecule has 0 spiro atoms. The monoisotopic (exact) mass is 231 g/mol. The predicted octanol–water partition coefficient (Wildman–Crippen LogP) is 2.45. The number of hydrogen-bond acceptors (Lipinski definition) is 3. The van der Waals surface area contributed by atoms with Crippen LogP contribution in [0.15, 0.2) is 24.3 Å². The molecule has 0 atom stereocenters. The van der Waals surface area contributed by atoms with Gasteiger partial charge in [0.25, 0.3) is 0 Å². The van der Waals surface area contributed by atoms with Crippen LogP contribution in [-0.2, 0) is 4.79 Å². The molecule has 3 heteroatoms. The van der Waals surface area contributed by atoms with Crippen LogP contribution < -0.4 is 4.90 Å². The first-order valence-electron chi connectivity index (χ1n) is 6.04. The third kappa shape index (κ3) is 2.93. The maximum absolute atomic E-state index is 11.3. The van der Waals surface area contributed by atoms with Crippen molar-refractivity contribution >= 4 is 17.3 Å². The molecule has 0 bridgehead atoms. The third-order valence-corrected chi connectivity index (χ3v) is 3.18. The third-order valence-electron chi connectivity index (χ3n) is 3.18. The second-order valence-corrected chi connectivity index (χ2v) is 4.48. The molecule has 17 heavy (non-hydrogen) atoms. The van der Waals surface area contributed by atoms with Crippen LogP contribution in [0.25, 0.3) is 0 Å². The van der Waals surface area contributed by atoms with Gasteiger partial charge in [0.05, 0.1) is 0 Å². The number of ketones is 2. The van der Waals surface area contributed by atoms with Gasteiger partial charge in [-0.3, -0.25) is 9.59 Å². The number of carbonyl (C=O) groups is 2. The maximum atomic E-state index is 11.3. The molecule has 1 saturated heterocycles. The van der Waals surface area contributed by atoms with E-state index in [0.717, 1.165) is 30.8 Å². The molecule has 1 aliphatic rings. The molecule has 90 valence electrons. The SMILES string of the molecule is CC(=O)c1ccc(N2CCCC(=O)CC2)cc1. The van der Waals surface area contributed by atoms with Crippen molar-refractivity contribution in [2.24, 2.45) is 0 Å². The number of nitrogens with zero attached hydrogens (tertiary/aromatic N) is 1. The molecule has 0 radical (unpaired) electrons. The van der Waals surface area contributed by atoms with Gasteiger partial charge in [-0.25, -0.2) is 0 Å². The summed E-state index contributed by atoms with van der Waals surface area (Å²) in [5.41, 5.74) is 1.84. The van der Waals surface area contributed by atoms with Gasteiger partial charge in [-0.1, -0.05) is 0 Å². The first-order chi connectivity index (χ1) is 8.16. The highest BCUT2D eigenvalue weighted by Gasteiger charge is 2.14. The van der Waals surface area contributed by atoms with Crippen LogP contribution in [-0.4, -0.2) is 24.7 Å². The number of rotatable bonds is 2. The number of carbonyl (C=O) groups excluding carboxylic acids is 2. The van der Waals surface area contributed by atoms with Gasteiger partial charge < -0.3 is 4.90 Å². The normalized spacial score (nSPS) is 16.8. The molecule has 1 aromatic carbocycles. The Hall–Kier alpha value is -1.64. The fourth-order valence-corrected chi connectivity index (χ4v) is 2.13. The van der Waals surface area contributed by atoms with Crippen molar-refractivity contribution in [2.75, 3.05) is 18.0 Å². The van der Waals surface area contributed by atoms with Crippen LogP contribution in [0.5, 0.6) is 0 Å². The molecular formula is C14H17NO2.